The quantitative estimate of drug-likeness (QED) is 0.204. The van der Waals surface area contributed by atoms with Crippen molar-refractivity contribution in [2.24, 2.45) is 0 Å². The summed E-state index contributed by atoms with van der Waals surface area (Å²) in [4.78, 5) is 2.50. The number of aromatic nitrogens is 1. The van der Waals surface area contributed by atoms with Gasteiger partial charge < -0.3 is 13.9 Å². The van der Waals surface area contributed by atoms with Crippen LogP contribution < -0.4 is 4.90 Å². The van der Waals surface area contributed by atoms with Crippen LogP contribution in [0.15, 0.2) is 162 Å². The van der Waals surface area contributed by atoms with Gasteiger partial charge in [0.05, 0.1) is 17.1 Å². The van der Waals surface area contributed by atoms with Gasteiger partial charge in [0, 0.05) is 44.0 Å². The van der Waals surface area contributed by atoms with Gasteiger partial charge in [0.1, 0.15) is 11.2 Å². The maximum atomic E-state index is 6.15. The van der Waals surface area contributed by atoms with E-state index in [1.54, 1.807) is 0 Å². The molecule has 2 atom stereocenters. The Morgan fingerprint density at radius 2 is 1.33 bits per heavy atom. The smallest absolute Gasteiger partial charge is 0.135 e. The van der Waals surface area contributed by atoms with Crippen molar-refractivity contribution in [1.82, 2.24) is 4.57 Å². The third kappa shape index (κ3) is 3.48. The van der Waals surface area contributed by atoms with Crippen molar-refractivity contribution in [2.75, 3.05) is 4.90 Å². The van der Waals surface area contributed by atoms with Crippen molar-refractivity contribution in [3.63, 3.8) is 0 Å². The van der Waals surface area contributed by atoms with Crippen LogP contribution in [0.1, 0.15) is 18.1 Å². The molecular formula is C43H30N2O. The van der Waals surface area contributed by atoms with Crippen molar-refractivity contribution >= 4 is 60.7 Å². The van der Waals surface area contributed by atoms with Crippen molar-refractivity contribution in [2.45, 2.75) is 18.4 Å². The summed E-state index contributed by atoms with van der Waals surface area (Å²) >= 11 is 0. The van der Waals surface area contributed by atoms with E-state index in [2.05, 4.69) is 162 Å². The number of allylic oxidation sites excluding steroid dienone is 2. The van der Waals surface area contributed by atoms with Gasteiger partial charge >= 0.3 is 0 Å². The molecule has 8 aromatic rings. The molecule has 46 heavy (non-hydrogen) atoms. The molecular weight excluding hydrogens is 560 g/mol. The van der Waals surface area contributed by atoms with E-state index in [4.69, 9.17) is 4.42 Å². The highest BCUT2D eigenvalue weighted by molar-refractivity contribution is 6.11. The molecule has 0 amide bonds. The minimum atomic E-state index is -0.164. The largest absolute Gasteiger partial charge is 0.456 e. The highest BCUT2D eigenvalue weighted by Gasteiger charge is 2.47. The first-order valence-corrected chi connectivity index (χ1v) is 16.0. The summed E-state index contributed by atoms with van der Waals surface area (Å²) < 4.78 is 8.54. The summed E-state index contributed by atoms with van der Waals surface area (Å²) in [5.41, 5.74) is 11.6. The van der Waals surface area contributed by atoms with Gasteiger partial charge in [-0.3, -0.25) is 0 Å². The Morgan fingerprint density at radius 3 is 2.24 bits per heavy atom. The van der Waals surface area contributed by atoms with Crippen LogP contribution in [0, 0.1) is 0 Å². The molecule has 3 nitrogen and oxygen atoms in total. The lowest BCUT2D eigenvalue weighted by molar-refractivity contribution is 0.553. The van der Waals surface area contributed by atoms with E-state index < -0.39 is 0 Å². The molecule has 1 aliphatic heterocycles. The van der Waals surface area contributed by atoms with Gasteiger partial charge in [0.25, 0.3) is 0 Å². The fourth-order valence-corrected chi connectivity index (χ4v) is 8.08. The monoisotopic (exact) mass is 590 g/mol. The van der Waals surface area contributed by atoms with Crippen molar-refractivity contribution < 1.29 is 4.42 Å². The van der Waals surface area contributed by atoms with Gasteiger partial charge in [-0.1, -0.05) is 97.1 Å². The topological polar surface area (TPSA) is 21.3 Å². The van der Waals surface area contributed by atoms with E-state index in [0.29, 0.717) is 0 Å². The molecule has 6 aromatic carbocycles. The van der Waals surface area contributed by atoms with Crippen LogP contribution in [0.5, 0.6) is 0 Å². The Labute approximate surface area is 266 Å². The lowest BCUT2D eigenvalue weighted by atomic mass is 9.73. The molecule has 10 rings (SSSR count). The van der Waals surface area contributed by atoms with Crippen LogP contribution in [-0.4, -0.2) is 10.6 Å². The fraction of sp³-hybridized carbons (Fsp3) is 0.0698. The second-order valence-electron chi connectivity index (χ2n) is 12.8. The highest BCUT2D eigenvalue weighted by atomic mass is 16.3. The molecule has 0 N–H and O–H groups in total. The summed E-state index contributed by atoms with van der Waals surface area (Å²) in [5, 5.41) is 4.79. The number of hydrogen-bond donors (Lipinski definition) is 0. The molecule has 2 aliphatic rings. The minimum Gasteiger partial charge on any atom is -0.456 e. The van der Waals surface area contributed by atoms with E-state index >= 15 is 0 Å². The number of anilines is 2. The van der Waals surface area contributed by atoms with Crippen LogP contribution in [0.3, 0.4) is 0 Å². The standard InChI is InChI=1S/C43H30N2O/c1-43-27-29(20-24-42(43)45(30-11-3-2-4-12-30)39-17-9-7-15-36(39)43)28-19-22-38-34(25-28)32-13-5-8-16-37(32)44(38)31-21-23-41-35(26-31)33-14-6-10-18-40(33)46-41/h2-27,42H,1H3. The average Bonchev–Trinajstić information content (AvgIpc) is 3.73. The minimum absolute atomic E-state index is 0.164. The van der Waals surface area contributed by atoms with Gasteiger partial charge in [0.15, 0.2) is 0 Å². The van der Waals surface area contributed by atoms with Crippen molar-refractivity contribution in [3.8, 4) is 5.69 Å². The Morgan fingerprint density at radius 1 is 0.587 bits per heavy atom. The molecule has 0 saturated heterocycles. The summed E-state index contributed by atoms with van der Waals surface area (Å²) in [7, 11) is 0. The number of fused-ring (bicyclic) bond motifs is 9. The fourth-order valence-electron chi connectivity index (χ4n) is 8.08. The maximum Gasteiger partial charge on any atom is 0.135 e. The van der Waals surface area contributed by atoms with E-state index in [1.807, 2.05) is 12.1 Å². The second-order valence-corrected chi connectivity index (χ2v) is 12.8. The molecule has 218 valence electrons. The van der Waals surface area contributed by atoms with Gasteiger partial charge in [-0.25, -0.2) is 0 Å². The molecule has 0 radical (unpaired) electrons. The Hall–Kier alpha value is -5.80. The van der Waals surface area contributed by atoms with Gasteiger partial charge in [-0.15, -0.1) is 0 Å². The van der Waals surface area contributed by atoms with Gasteiger partial charge in [-0.2, -0.15) is 0 Å². The highest BCUT2D eigenvalue weighted by Crippen LogP contribution is 2.52. The van der Waals surface area contributed by atoms with Crippen molar-refractivity contribution in [3.05, 3.63) is 169 Å². The van der Waals surface area contributed by atoms with E-state index in [9.17, 15) is 0 Å². The molecule has 2 aromatic heterocycles. The predicted molar refractivity (Wildman–Crippen MR) is 191 cm³/mol. The van der Waals surface area contributed by atoms with E-state index in [0.717, 1.165) is 27.6 Å². The molecule has 0 saturated carbocycles. The summed E-state index contributed by atoms with van der Waals surface area (Å²) in [6.07, 6.45) is 7.23. The average molecular weight is 591 g/mol. The number of benzene rings is 6. The van der Waals surface area contributed by atoms with Crippen molar-refractivity contribution in [1.29, 1.82) is 0 Å². The first kappa shape index (κ1) is 25.5. The Kier molecular flexibility index (Phi) is 5.19. The predicted octanol–water partition coefficient (Wildman–Crippen LogP) is 11.1. The zero-order valence-corrected chi connectivity index (χ0v) is 25.4. The summed E-state index contributed by atoms with van der Waals surface area (Å²) in [6, 6.07) is 50.4. The molecule has 3 heterocycles. The summed E-state index contributed by atoms with van der Waals surface area (Å²) in [5.74, 6) is 0. The number of furan rings is 1. The molecule has 1 aliphatic carbocycles. The molecule has 0 spiro atoms. The maximum absolute atomic E-state index is 6.15. The third-order valence-corrected chi connectivity index (χ3v) is 10.2. The lowest BCUT2D eigenvalue weighted by Crippen LogP contribution is -2.39. The zero-order valence-electron chi connectivity index (χ0n) is 25.4. The van der Waals surface area contributed by atoms with Crippen LogP contribution >= 0.6 is 0 Å². The molecule has 2 unspecified atom stereocenters. The Bertz CT molecular complexity index is 2570. The molecule has 0 fully saturated rings. The second kappa shape index (κ2) is 9.35. The van der Waals surface area contributed by atoms with Crippen LogP contribution in [0.4, 0.5) is 11.4 Å². The molecule has 0 bridgehead atoms. The van der Waals surface area contributed by atoms with Crippen LogP contribution in [0.25, 0.3) is 55.0 Å². The lowest BCUT2D eigenvalue weighted by Gasteiger charge is -2.36. The SMILES string of the molecule is CC12C=C(c3ccc4c(c3)c3ccccc3n4-c3ccc4oc5ccccc5c4c3)C=CC1N(c1ccccc1)c1ccccc12. The normalized spacial score (nSPS) is 18.8. The Balaban J connectivity index is 1.13. The molecule has 3 heteroatoms. The summed E-state index contributed by atoms with van der Waals surface area (Å²) in [6.45, 7) is 2.39. The number of para-hydroxylation sites is 4. The van der Waals surface area contributed by atoms with Gasteiger partial charge in [0.2, 0.25) is 0 Å². The number of nitrogens with zero attached hydrogens (tertiary/aromatic N) is 2. The van der Waals surface area contributed by atoms with Crippen LogP contribution in [0.2, 0.25) is 0 Å². The third-order valence-electron chi connectivity index (χ3n) is 10.2. The first-order chi connectivity index (χ1) is 22.7. The van der Waals surface area contributed by atoms with E-state index in [-0.39, 0.29) is 11.5 Å². The number of hydrogen-bond acceptors (Lipinski definition) is 2. The number of rotatable bonds is 3. The first-order valence-electron chi connectivity index (χ1n) is 16.0. The van der Waals surface area contributed by atoms with Gasteiger partial charge in [-0.05, 0) is 84.3 Å². The van der Waals surface area contributed by atoms with Crippen LogP contribution in [-0.2, 0) is 5.41 Å². The van der Waals surface area contributed by atoms with E-state index in [1.165, 1.54) is 49.9 Å². The zero-order chi connectivity index (χ0) is 30.4.